The number of nitro groups is 1. The maximum absolute atomic E-state index is 13.6. The fraction of sp³-hybridized carbons (Fsp3) is 0.333. The van der Waals surface area contributed by atoms with Crippen LogP contribution >= 0.6 is 31.9 Å². The molecule has 1 heterocycles. The largest absolute Gasteiger partial charge is 0.292 e. The lowest BCUT2D eigenvalue weighted by atomic mass is 9.81. The van der Waals surface area contributed by atoms with Crippen LogP contribution < -0.4 is 0 Å². The molecule has 2 aromatic carbocycles. The van der Waals surface area contributed by atoms with Gasteiger partial charge in [-0.2, -0.15) is 5.01 Å². The molecule has 0 spiro atoms. The molecule has 180 valence electrons. The van der Waals surface area contributed by atoms with E-state index in [4.69, 9.17) is 0 Å². The molecule has 0 radical (unpaired) electrons. The molecule has 3 amide bonds. The second kappa shape index (κ2) is 8.94. The van der Waals surface area contributed by atoms with E-state index in [9.17, 15) is 29.3 Å². The van der Waals surface area contributed by atoms with Gasteiger partial charge in [0.05, 0.1) is 16.8 Å². The van der Waals surface area contributed by atoms with Gasteiger partial charge in [0.1, 0.15) is 6.54 Å². The summed E-state index contributed by atoms with van der Waals surface area (Å²) < 4.78 is 0. The zero-order valence-corrected chi connectivity index (χ0v) is 21.3. The summed E-state index contributed by atoms with van der Waals surface area (Å²) in [6.45, 7) is -0.526. The standard InChI is InChI=1S/C24H19Br2N3O6/c25-20-15-10-16(21(20)26)19-18(15)23(32)28(24(19)33)27(11-17(30)12-4-2-1-3-5-12)22(31)13-6-8-14(9-7-13)29(34)35/h1-9,15-16,18-21H,10-11H2/t15-,16-,18-,19+,20+,21+/m1/s1. The van der Waals surface area contributed by atoms with Crippen LogP contribution in [0, 0.1) is 33.8 Å². The van der Waals surface area contributed by atoms with Gasteiger partial charge in [-0.25, -0.2) is 5.01 Å². The summed E-state index contributed by atoms with van der Waals surface area (Å²) in [6.07, 6.45) is 0.728. The molecular formula is C24H19Br2N3O6. The number of nitro benzene ring substituents is 1. The number of carbonyl (C=O) groups excluding carboxylic acids is 4. The number of fused-ring (bicyclic) bond motifs is 5. The van der Waals surface area contributed by atoms with E-state index in [1.807, 2.05) is 0 Å². The number of hydrogen-bond donors (Lipinski definition) is 0. The molecule has 2 saturated carbocycles. The van der Waals surface area contributed by atoms with Crippen molar-refractivity contribution in [2.75, 3.05) is 6.54 Å². The predicted molar refractivity (Wildman–Crippen MR) is 131 cm³/mol. The van der Waals surface area contributed by atoms with Crippen molar-refractivity contribution in [3.8, 4) is 0 Å². The van der Waals surface area contributed by atoms with E-state index >= 15 is 0 Å². The van der Waals surface area contributed by atoms with Crippen LogP contribution in [0.5, 0.6) is 0 Å². The average molecular weight is 605 g/mol. The van der Waals surface area contributed by atoms with Gasteiger partial charge < -0.3 is 0 Å². The molecule has 1 aliphatic heterocycles. The highest BCUT2D eigenvalue weighted by molar-refractivity contribution is 9.12. The number of alkyl halides is 2. The Labute approximate surface area is 216 Å². The number of non-ortho nitro benzene ring substituents is 1. The molecule has 0 unspecified atom stereocenters. The first-order valence-electron chi connectivity index (χ1n) is 11.0. The molecule has 11 heteroatoms. The Morgan fingerprint density at radius 3 is 1.97 bits per heavy atom. The lowest BCUT2D eigenvalue weighted by Gasteiger charge is -2.30. The van der Waals surface area contributed by atoms with E-state index in [-0.39, 0.29) is 32.7 Å². The number of hydrogen-bond acceptors (Lipinski definition) is 6. The number of hydrazine groups is 1. The quantitative estimate of drug-likeness (QED) is 0.163. The Bertz CT molecular complexity index is 1210. The van der Waals surface area contributed by atoms with E-state index in [2.05, 4.69) is 31.9 Å². The minimum atomic E-state index is -0.760. The van der Waals surface area contributed by atoms with Crippen LogP contribution in [0.1, 0.15) is 27.1 Å². The van der Waals surface area contributed by atoms with Crippen molar-refractivity contribution in [2.45, 2.75) is 16.1 Å². The van der Waals surface area contributed by atoms with Crippen LogP contribution in [0.25, 0.3) is 0 Å². The molecule has 0 N–H and O–H groups in total. The summed E-state index contributed by atoms with van der Waals surface area (Å²) in [5, 5.41) is 12.7. The summed E-state index contributed by atoms with van der Waals surface area (Å²) in [5.41, 5.74) is 0.142. The van der Waals surface area contributed by atoms with Gasteiger partial charge in [0, 0.05) is 32.9 Å². The van der Waals surface area contributed by atoms with Gasteiger partial charge in [-0.3, -0.25) is 29.3 Å². The van der Waals surface area contributed by atoms with E-state index < -0.39 is 46.8 Å². The minimum absolute atomic E-state index is 0.0221. The number of nitrogens with zero attached hydrogens (tertiary/aromatic N) is 3. The van der Waals surface area contributed by atoms with Crippen LogP contribution in [0.15, 0.2) is 54.6 Å². The normalized spacial score (nSPS) is 28.8. The zero-order valence-electron chi connectivity index (χ0n) is 18.1. The van der Waals surface area contributed by atoms with E-state index in [1.165, 1.54) is 12.1 Å². The van der Waals surface area contributed by atoms with Crippen LogP contribution in [0.4, 0.5) is 5.69 Å². The van der Waals surface area contributed by atoms with E-state index in [0.717, 1.165) is 28.6 Å². The van der Waals surface area contributed by atoms with Crippen molar-refractivity contribution in [1.29, 1.82) is 0 Å². The molecule has 35 heavy (non-hydrogen) atoms. The second-order valence-corrected chi connectivity index (χ2v) is 11.1. The lowest BCUT2D eigenvalue weighted by molar-refractivity contribution is -0.384. The van der Waals surface area contributed by atoms with Crippen molar-refractivity contribution < 1.29 is 24.1 Å². The van der Waals surface area contributed by atoms with Crippen molar-refractivity contribution in [3.05, 3.63) is 75.8 Å². The summed E-state index contributed by atoms with van der Waals surface area (Å²) in [5.74, 6) is -3.44. The highest BCUT2D eigenvalue weighted by Gasteiger charge is 2.67. The van der Waals surface area contributed by atoms with Gasteiger partial charge >= 0.3 is 0 Å². The third-order valence-corrected chi connectivity index (χ3v) is 10.4. The number of carbonyl (C=O) groups is 4. The first kappa shape index (κ1) is 23.8. The summed E-state index contributed by atoms with van der Waals surface area (Å²) in [6, 6.07) is 13.1. The number of rotatable bonds is 6. The van der Waals surface area contributed by atoms with E-state index in [0.29, 0.717) is 5.56 Å². The molecule has 9 nitrogen and oxygen atoms in total. The molecule has 1 saturated heterocycles. The Balaban J connectivity index is 1.50. The van der Waals surface area contributed by atoms with Crippen molar-refractivity contribution >= 4 is 61.1 Å². The second-order valence-electron chi connectivity index (χ2n) is 8.95. The van der Waals surface area contributed by atoms with Gasteiger partial charge in [-0.1, -0.05) is 62.2 Å². The number of halogens is 2. The van der Waals surface area contributed by atoms with Crippen LogP contribution in [0.3, 0.4) is 0 Å². The Morgan fingerprint density at radius 1 is 0.914 bits per heavy atom. The van der Waals surface area contributed by atoms with Gasteiger partial charge in [0.2, 0.25) is 0 Å². The Kier molecular flexibility index (Phi) is 6.08. The van der Waals surface area contributed by atoms with E-state index in [1.54, 1.807) is 30.3 Å². The first-order valence-corrected chi connectivity index (χ1v) is 12.8. The average Bonchev–Trinajstić information content (AvgIpc) is 3.47. The first-order chi connectivity index (χ1) is 16.7. The van der Waals surface area contributed by atoms with Gasteiger partial charge in [-0.15, -0.1) is 0 Å². The predicted octanol–water partition coefficient (Wildman–Crippen LogP) is 3.61. The summed E-state index contributed by atoms with van der Waals surface area (Å²) >= 11 is 7.28. The molecule has 5 rings (SSSR count). The van der Waals surface area contributed by atoms with Crippen molar-refractivity contribution in [2.24, 2.45) is 23.7 Å². The number of imide groups is 1. The van der Waals surface area contributed by atoms with Crippen molar-refractivity contribution in [1.82, 2.24) is 10.0 Å². The molecule has 3 fully saturated rings. The molecule has 6 atom stereocenters. The highest BCUT2D eigenvalue weighted by Crippen LogP contribution is 2.60. The maximum atomic E-state index is 13.6. The SMILES string of the molecule is O=C(CN(C(=O)c1ccc([N+](=O)[O-])cc1)N1C(=O)[C@@H]2[C@H]3C[C@@H]([C@H](Br)[C@H]3Br)[C@@H]2C1=O)c1ccccc1. The monoisotopic (exact) mass is 603 g/mol. The molecule has 2 bridgehead atoms. The smallest absolute Gasteiger partial charge is 0.273 e. The fourth-order valence-corrected chi connectivity index (χ4v) is 7.40. The molecule has 3 aliphatic rings. The summed E-state index contributed by atoms with van der Waals surface area (Å²) in [7, 11) is 0. The lowest BCUT2D eigenvalue weighted by Crippen LogP contribution is -2.52. The van der Waals surface area contributed by atoms with Crippen LogP contribution in [-0.2, 0) is 9.59 Å². The van der Waals surface area contributed by atoms with Gasteiger partial charge in [-0.05, 0) is 30.4 Å². The topological polar surface area (TPSA) is 118 Å². The third-order valence-electron chi connectivity index (χ3n) is 7.15. The zero-order chi connectivity index (χ0) is 25.0. The van der Waals surface area contributed by atoms with Gasteiger partial charge in [0.15, 0.2) is 5.78 Å². The van der Waals surface area contributed by atoms with Gasteiger partial charge in [0.25, 0.3) is 23.4 Å². The minimum Gasteiger partial charge on any atom is -0.292 e. The maximum Gasteiger partial charge on any atom is 0.273 e. The number of benzene rings is 2. The highest BCUT2D eigenvalue weighted by atomic mass is 79.9. The number of ketones is 1. The van der Waals surface area contributed by atoms with Crippen molar-refractivity contribution in [3.63, 3.8) is 0 Å². The number of amides is 3. The summed E-state index contributed by atoms with van der Waals surface area (Å²) in [4.78, 5) is 64.1. The fourth-order valence-electron chi connectivity index (χ4n) is 5.53. The molecular weight excluding hydrogens is 586 g/mol. The Morgan fingerprint density at radius 2 is 1.46 bits per heavy atom. The Hall–Kier alpha value is -2.92. The molecule has 0 aromatic heterocycles. The molecule has 2 aromatic rings. The molecule has 2 aliphatic carbocycles. The number of Topliss-reactive ketones (excluding diaryl/α,β-unsaturated/α-hetero) is 1. The van der Waals surface area contributed by atoms with Crippen LogP contribution in [-0.4, -0.2) is 54.6 Å². The van der Waals surface area contributed by atoms with Crippen LogP contribution in [0.2, 0.25) is 0 Å². The third kappa shape index (κ3) is 3.81.